The fourth-order valence-corrected chi connectivity index (χ4v) is 2.08. The Bertz CT molecular complexity index is 672. The second-order valence-electron chi connectivity index (χ2n) is 4.63. The number of benzene rings is 2. The molecule has 0 radical (unpaired) electrons. The third-order valence-electron chi connectivity index (χ3n) is 3.29. The Balaban J connectivity index is 2.32. The highest BCUT2D eigenvalue weighted by atomic mass is 16.5. The van der Waals surface area contributed by atoms with Gasteiger partial charge in [-0.15, -0.1) is 0 Å². The smallest absolute Gasteiger partial charge is 0.338 e. The van der Waals surface area contributed by atoms with Gasteiger partial charge >= 0.3 is 5.97 Å². The van der Waals surface area contributed by atoms with E-state index in [1.165, 1.54) is 7.11 Å². The van der Waals surface area contributed by atoms with Crippen LogP contribution in [-0.2, 0) is 4.74 Å². The van der Waals surface area contributed by atoms with Gasteiger partial charge in [0.25, 0.3) is 0 Å². The highest BCUT2D eigenvalue weighted by molar-refractivity contribution is 5.94. The Morgan fingerprint density at radius 1 is 1.00 bits per heavy atom. The quantitative estimate of drug-likeness (QED) is 0.629. The first-order valence-corrected chi connectivity index (χ1v) is 6.65. The molecule has 0 saturated carbocycles. The summed E-state index contributed by atoms with van der Waals surface area (Å²) in [5.41, 5.74) is 3.58. The van der Waals surface area contributed by atoms with Crippen molar-refractivity contribution in [2.75, 3.05) is 14.2 Å². The minimum absolute atomic E-state index is 0.332. The first-order valence-electron chi connectivity index (χ1n) is 6.65. The van der Waals surface area contributed by atoms with Crippen LogP contribution in [0.4, 0.5) is 0 Å². The van der Waals surface area contributed by atoms with Crippen molar-refractivity contribution in [3.8, 4) is 5.75 Å². The summed E-state index contributed by atoms with van der Waals surface area (Å²) in [6, 6.07) is 13.2. The largest absolute Gasteiger partial charge is 0.497 e. The summed E-state index contributed by atoms with van der Waals surface area (Å²) in [4.78, 5) is 11.7. The molecule has 2 aromatic carbocycles. The molecule has 0 aromatic heterocycles. The lowest BCUT2D eigenvalue weighted by Crippen LogP contribution is -2.03. The molecule has 2 rings (SSSR count). The first kappa shape index (κ1) is 14.9. The monoisotopic (exact) mass is 282 g/mol. The Labute approximate surface area is 124 Å². The predicted molar refractivity (Wildman–Crippen MR) is 84.4 cm³/mol. The van der Waals surface area contributed by atoms with E-state index in [9.17, 15) is 4.79 Å². The maximum atomic E-state index is 11.7. The molecule has 2 aromatic rings. The maximum absolute atomic E-state index is 11.7. The van der Waals surface area contributed by atoms with Crippen molar-refractivity contribution >= 4 is 18.1 Å². The predicted octanol–water partition coefficient (Wildman–Crippen LogP) is 3.96. The van der Waals surface area contributed by atoms with Crippen LogP contribution in [-0.4, -0.2) is 20.2 Å². The summed E-state index contributed by atoms with van der Waals surface area (Å²) in [6.07, 6.45) is 3.90. The molecule has 3 nitrogen and oxygen atoms in total. The number of rotatable bonds is 4. The average molecular weight is 282 g/mol. The van der Waals surface area contributed by atoms with Crippen molar-refractivity contribution in [3.05, 3.63) is 64.7 Å². The standard InChI is InChI=1S/C18H18O3/c1-13-12-16(20-2)11-10-14(13)8-9-15-6-4-5-7-17(15)18(19)21-3/h4-12H,1-3H3/b9-8+. The normalized spacial score (nSPS) is 10.6. The zero-order valence-corrected chi connectivity index (χ0v) is 12.4. The Morgan fingerprint density at radius 2 is 1.71 bits per heavy atom. The number of hydrogen-bond acceptors (Lipinski definition) is 3. The lowest BCUT2D eigenvalue weighted by molar-refractivity contribution is 0.0600. The van der Waals surface area contributed by atoms with Crippen molar-refractivity contribution in [1.82, 2.24) is 0 Å². The average Bonchev–Trinajstić information content (AvgIpc) is 2.53. The summed E-state index contributed by atoms with van der Waals surface area (Å²) in [7, 11) is 3.04. The van der Waals surface area contributed by atoms with E-state index in [4.69, 9.17) is 9.47 Å². The maximum Gasteiger partial charge on any atom is 0.338 e. The number of ether oxygens (including phenoxy) is 2. The molecule has 0 aliphatic rings. The molecule has 3 heteroatoms. The molecule has 0 unspecified atom stereocenters. The molecule has 108 valence electrons. The molecule has 0 atom stereocenters. The molecule has 0 aliphatic heterocycles. The van der Waals surface area contributed by atoms with Gasteiger partial charge in [0.2, 0.25) is 0 Å². The molecular weight excluding hydrogens is 264 g/mol. The lowest BCUT2D eigenvalue weighted by atomic mass is 10.0. The zero-order valence-electron chi connectivity index (χ0n) is 12.4. The summed E-state index contributed by atoms with van der Waals surface area (Å²) >= 11 is 0. The minimum atomic E-state index is -0.332. The van der Waals surface area contributed by atoms with E-state index in [1.807, 2.05) is 55.5 Å². The van der Waals surface area contributed by atoms with Crippen LogP contribution < -0.4 is 4.74 Å². The second kappa shape index (κ2) is 6.75. The summed E-state index contributed by atoms with van der Waals surface area (Å²) in [5.74, 6) is 0.501. The molecule has 0 N–H and O–H groups in total. The second-order valence-corrected chi connectivity index (χ2v) is 4.63. The van der Waals surface area contributed by atoms with Gasteiger partial charge in [0.05, 0.1) is 19.8 Å². The fraction of sp³-hybridized carbons (Fsp3) is 0.167. The number of hydrogen-bond donors (Lipinski definition) is 0. The van der Waals surface area contributed by atoms with E-state index in [1.54, 1.807) is 13.2 Å². The van der Waals surface area contributed by atoms with E-state index in [-0.39, 0.29) is 5.97 Å². The zero-order chi connectivity index (χ0) is 15.2. The van der Waals surface area contributed by atoms with E-state index in [0.29, 0.717) is 5.56 Å². The Kier molecular flexibility index (Phi) is 4.77. The van der Waals surface area contributed by atoms with Crippen LogP contribution >= 0.6 is 0 Å². The molecule has 0 saturated heterocycles. The highest BCUT2D eigenvalue weighted by Gasteiger charge is 2.08. The van der Waals surface area contributed by atoms with Crippen LogP contribution in [0.3, 0.4) is 0 Å². The lowest BCUT2D eigenvalue weighted by Gasteiger charge is -2.05. The number of esters is 1. The van der Waals surface area contributed by atoms with E-state index in [0.717, 1.165) is 22.4 Å². The van der Waals surface area contributed by atoms with Crippen LogP contribution in [0.15, 0.2) is 42.5 Å². The van der Waals surface area contributed by atoms with Gasteiger partial charge in [-0.25, -0.2) is 4.79 Å². The van der Waals surface area contributed by atoms with E-state index in [2.05, 4.69) is 0 Å². The van der Waals surface area contributed by atoms with Gasteiger partial charge in [-0.3, -0.25) is 0 Å². The molecule has 0 fully saturated rings. The number of methoxy groups -OCH3 is 2. The van der Waals surface area contributed by atoms with Gasteiger partial charge in [-0.1, -0.05) is 36.4 Å². The topological polar surface area (TPSA) is 35.5 Å². The van der Waals surface area contributed by atoms with Gasteiger partial charge < -0.3 is 9.47 Å². The number of aryl methyl sites for hydroxylation is 1. The first-order chi connectivity index (χ1) is 10.2. The van der Waals surface area contributed by atoms with Crippen LogP contribution in [0, 0.1) is 6.92 Å². The third kappa shape index (κ3) is 3.51. The highest BCUT2D eigenvalue weighted by Crippen LogP contribution is 2.20. The van der Waals surface area contributed by atoms with E-state index < -0.39 is 0 Å². The third-order valence-corrected chi connectivity index (χ3v) is 3.29. The Morgan fingerprint density at radius 3 is 2.38 bits per heavy atom. The molecule has 0 aliphatic carbocycles. The van der Waals surface area contributed by atoms with Gasteiger partial charge in [-0.05, 0) is 41.8 Å². The molecule has 21 heavy (non-hydrogen) atoms. The van der Waals surface area contributed by atoms with Gasteiger partial charge in [0.15, 0.2) is 0 Å². The van der Waals surface area contributed by atoms with Crippen LogP contribution in [0.25, 0.3) is 12.2 Å². The van der Waals surface area contributed by atoms with Crippen molar-refractivity contribution in [2.45, 2.75) is 6.92 Å². The molecule has 0 spiro atoms. The minimum Gasteiger partial charge on any atom is -0.497 e. The van der Waals surface area contributed by atoms with Crippen molar-refractivity contribution in [3.63, 3.8) is 0 Å². The number of carbonyl (C=O) groups is 1. The van der Waals surface area contributed by atoms with Crippen LogP contribution in [0.5, 0.6) is 5.75 Å². The summed E-state index contributed by atoms with van der Waals surface area (Å²) in [6.45, 7) is 2.02. The van der Waals surface area contributed by atoms with Gasteiger partial charge in [0.1, 0.15) is 5.75 Å². The van der Waals surface area contributed by atoms with Crippen molar-refractivity contribution in [1.29, 1.82) is 0 Å². The molecular formula is C18H18O3. The summed E-state index contributed by atoms with van der Waals surface area (Å²) < 4.78 is 9.99. The number of carbonyl (C=O) groups excluding carboxylic acids is 1. The molecule has 0 heterocycles. The molecule has 0 bridgehead atoms. The van der Waals surface area contributed by atoms with Gasteiger partial charge in [-0.2, -0.15) is 0 Å². The molecule has 0 amide bonds. The van der Waals surface area contributed by atoms with E-state index >= 15 is 0 Å². The van der Waals surface area contributed by atoms with Crippen LogP contribution in [0.2, 0.25) is 0 Å². The van der Waals surface area contributed by atoms with Crippen molar-refractivity contribution < 1.29 is 14.3 Å². The van der Waals surface area contributed by atoms with Gasteiger partial charge in [0, 0.05) is 0 Å². The Hall–Kier alpha value is -2.55. The van der Waals surface area contributed by atoms with Crippen LogP contribution in [0.1, 0.15) is 27.0 Å². The van der Waals surface area contributed by atoms with Crippen molar-refractivity contribution in [2.24, 2.45) is 0 Å². The summed E-state index contributed by atoms with van der Waals surface area (Å²) in [5, 5.41) is 0. The SMILES string of the molecule is COC(=O)c1ccccc1/C=C/c1ccc(OC)cc1C. The fourth-order valence-electron chi connectivity index (χ4n) is 2.08.